The molecule has 0 aliphatic heterocycles. The van der Waals surface area contributed by atoms with Crippen molar-refractivity contribution >= 4 is 41.7 Å². The number of hydrogen-bond acceptors (Lipinski definition) is 4. The minimum Gasteiger partial charge on any atom is -0.435 e. The summed E-state index contributed by atoms with van der Waals surface area (Å²) < 4.78 is 28.8. The van der Waals surface area contributed by atoms with Gasteiger partial charge < -0.3 is 20.3 Å². The van der Waals surface area contributed by atoms with Gasteiger partial charge in [0.25, 0.3) is 0 Å². The van der Waals surface area contributed by atoms with Crippen molar-refractivity contribution in [3.05, 3.63) is 53.7 Å². The fourth-order valence-corrected chi connectivity index (χ4v) is 2.62. The topological polar surface area (TPSA) is 78.8 Å². The summed E-state index contributed by atoms with van der Waals surface area (Å²) in [6, 6.07) is 11.8. The van der Waals surface area contributed by atoms with Crippen LogP contribution >= 0.6 is 24.0 Å². The number of hydrogen-bond donors (Lipinski definition) is 2. The van der Waals surface area contributed by atoms with Crippen LogP contribution in [0.5, 0.6) is 5.75 Å². The zero-order valence-corrected chi connectivity index (χ0v) is 19.4. The van der Waals surface area contributed by atoms with E-state index in [1.54, 1.807) is 25.2 Å². The highest BCUT2D eigenvalue weighted by molar-refractivity contribution is 14.0. The standard InChI is InChI=1S/C20H25F2N5O2.HI/c1-14-5-4-6-17(25-14)26-18(28)11-12-24-20(23-2)27(3)13-15-7-9-16(10-8-15)29-19(21)22;/h4-10,19H,11-13H2,1-3H3,(H,23,24)(H,25,26,28);1H. The Hall–Kier alpha value is -2.50. The van der Waals surface area contributed by atoms with Crippen molar-refractivity contribution in [2.24, 2.45) is 4.99 Å². The van der Waals surface area contributed by atoms with E-state index < -0.39 is 6.61 Å². The lowest BCUT2D eigenvalue weighted by Crippen LogP contribution is -2.39. The van der Waals surface area contributed by atoms with E-state index in [0.29, 0.717) is 24.9 Å². The molecule has 0 aliphatic carbocycles. The largest absolute Gasteiger partial charge is 0.435 e. The number of aromatic nitrogens is 1. The van der Waals surface area contributed by atoms with Gasteiger partial charge in [-0.05, 0) is 36.8 Å². The number of amides is 1. The first-order chi connectivity index (χ1) is 13.9. The van der Waals surface area contributed by atoms with Crippen molar-refractivity contribution in [3.8, 4) is 5.75 Å². The number of aryl methyl sites for hydroxylation is 1. The van der Waals surface area contributed by atoms with E-state index in [-0.39, 0.29) is 42.1 Å². The monoisotopic (exact) mass is 533 g/mol. The zero-order chi connectivity index (χ0) is 21.2. The molecule has 0 aliphatic rings. The summed E-state index contributed by atoms with van der Waals surface area (Å²) in [5.41, 5.74) is 1.73. The molecule has 1 aromatic carbocycles. The molecule has 2 aromatic rings. The van der Waals surface area contributed by atoms with Crippen LogP contribution in [-0.2, 0) is 11.3 Å². The Bertz CT molecular complexity index is 834. The summed E-state index contributed by atoms with van der Waals surface area (Å²) in [5, 5.41) is 5.88. The molecule has 7 nitrogen and oxygen atoms in total. The maximum atomic E-state index is 12.2. The Morgan fingerprint density at radius 3 is 2.53 bits per heavy atom. The molecule has 0 saturated heterocycles. The number of rotatable bonds is 8. The third-order valence-corrected chi connectivity index (χ3v) is 3.93. The van der Waals surface area contributed by atoms with Gasteiger partial charge in [-0.3, -0.25) is 9.79 Å². The number of anilines is 1. The fraction of sp³-hybridized carbons (Fsp3) is 0.350. The fourth-order valence-electron chi connectivity index (χ4n) is 2.62. The van der Waals surface area contributed by atoms with E-state index in [1.807, 2.05) is 31.0 Å². The van der Waals surface area contributed by atoms with Gasteiger partial charge in [0, 0.05) is 39.3 Å². The van der Waals surface area contributed by atoms with Crippen molar-refractivity contribution < 1.29 is 18.3 Å². The van der Waals surface area contributed by atoms with Gasteiger partial charge in [0.1, 0.15) is 11.6 Å². The van der Waals surface area contributed by atoms with Crippen LogP contribution in [0.15, 0.2) is 47.5 Å². The summed E-state index contributed by atoms with van der Waals surface area (Å²) in [5.74, 6) is 1.10. The minimum atomic E-state index is -2.84. The van der Waals surface area contributed by atoms with Crippen molar-refractivity contribution in [1.29, 1.82) is 0 Å². The number of guanidine groups is 1. The maximum Gasteiger partial charge on any atom is 0.387 e. The average Bonchev–Trinajstić information content (AvgIpc) is 2.66. The Balaban J connectivity index is 0.00000450. The first-order valence-electron chi connectivity index (χ1n) is 9.06. The van der Waals surface area contributed by atoms with Crippen LogP contribution in [0, 0.1) is 6.92 Å². The molecule has 10 heteroatoms. The molecule has 2 rings (SSSR count). The van der Waals surface area contributed by atoms with Crippen molar-refractivity contribution in [3.63, 3.8) is 0 Å². The van der Waals surface area contributed by atoms with E-state index in [0.717, 1.165) is 11.3 Å². The molecule has 0 atom stereocenters. The maximum absolute atomic E-state index is 12.2. The molecular weight excluding hydrogens is 507 g/mol. The number of carbonyl (C=O) groups excluding carboxylic acids is 1. The Kier molecular flexibility index (Phi) is 11.0. The number of alkyl halides is 2. The minimum absolute atomic E-state index is 0. The quantitative estimate of drug-likeness (QED) is 0.308. The number of halogens is 3. The molecule has 0 saturated carbocycles. The highest BCUT2D eigenvalue weighted by Gasteiger charge is 2.09. The molecular formula is C20H26F2IN5O2. The first kappa shape index (κ1) is 25.5. The van der Waals surface area contributed by atoms with Gasteiger partial charge in [-0.25, -0.2) is 4.98 Å². The third kappa shape index (κ3) is 8.89. The number of benzene rings is 1. The van der Waals surface area contributed by atoms with Crippen molar-refractivity contribution in [2.75, 3.05) is 26.0 Å². The van der Waals surface area contributed by atoms with Crippen LogP contribution in [0.25, 0.3) is 0 Å². The van der Waals surface area contributed by atoms with Gasteiger partial charge >= 0.3 is 6.61 Å². The summed E-state index contributed by atoms with van der Waals surface area (Å²) in [7, 11) is 3.49. The predicted octanol–water partition coefficient (Wildman–Crippen LogP) is 3.65. The van der Waals surface area contributed by atoms with Gasteiger partial charge in [-0.15, -0.1) is 24.0 Å². The summed E-state index contributed by atoms with van der Waals surface area (Å²) in [6.07, 6.45) is 0.252. The van der Waals surface area contributed by atoms with Crippen molar-refractivity contribution in [1.82, 2.24) is 15.2 Å². The normalized spacial score (nSPS) is 10.9. The number of ether oxygens (including phenoxy) is 1. The number of aliphatic imine (C=N–C) groups is 1. The molecule has 1 heterocycles. The summed E-state index contributed by atoms with van der Waals surface area (Å²) in [4.78, 5) is 22.3. The Morgan fingerprint density at radius 2 is 1.93 bits per heavy atom. The molecule has 0 radical (unpaired) electrons. The second-order valence-corrected chi connectivity index (χ2v) is 6.31. The van der Waals surface area contributed by atoms with Gasteiger partial charge in [0.15, 0.2) is 5.96 Å². The van der Waals surface area contributed by atoms with E-state index >= 15 is 0 Å². The van der Waals surface area contributed by atoms with Crippen LogP contribution in [0.4, 0.5) is 14.6 Å². The molecule has 2 N–H and O–H groups in total. The zero-order valence-electron chi connectivity index (χ0n) is 17.1. The van der Waals surface area contributed by atoms with E-state index in [4.69, 9.17) is 0 Å². The highest BCUT2D eigenvalue weighted by atomic mass is 127. The van der Waals surface area contributed by atoms with Crippen molar-refractivity contribution in [2.45, 2.75) is 26.5 Å². The smallest absolute Gasteiger partial charge is 0.387 e. The Labute approximate surface area is 191 Å². The predicted molar refractivity (Wildman–Crippen MR) is 124 cm³/mol. The Morgan fingerprint density at radius 1 is 1.23 bits per heavy atom. The molecule has 1 amide bonds. The van der Waals surface area contributed by atoms with Crippen LogP contribution in [0.2, 0.25) is 0 Å². The first-order valence-corrected chi connectivity index (χ1v) is 9.06. The van der Waals surface area contributed by atoms with E-state index in [9.17, 15) is 13.6 Å². The lowest BCUT2D eigenvalue weighted by molar-refractivity contribution is -0.116. The lowest BCUT2D eigenvalue weighted by atomic mass is 10.2. The average molecular weight is 533 g/mol. The van der Waals surface area contributed by atoms with Gasteiger partial charge in [0.2, 0.25) is 5.91 Å². The molecule has 0 unspecified atom stereocenters. The third-order valence-electron chi connectivity index (χ3n) is 3.93. The number of carbonyl (C=O) groups is 1. The second-order valence-electron chi connectivity index (χ2n) is 6.31. The van der Waals surface area contributed by atoms with Crippen LogP contribution in [0.1, 0.15) is 17.7 Å². The van der Waals surface area contributed by atoms with Gasteiger partial charge in [-0.2, -0.15) is 8.78 Å². The molecule has 0 fully saturated rings. The summed E-state index contributed by atoms with van der Waals surface area (Å²) >= 11 is 0. The number of nitrogens with zero attached hydrogens (tertiary/aromatic N) is 3. The highest BCUT2D eigenvalue weighted by Crippen LogP contribution is 2.15. The second kappa shape index (κ2) is 12.9. The SMILES string of the molecule is CN=C(NCCC(=O)Nc1cccc(C)n1)N(C)Cc1ccc(OC(F)F)cc1.I. The van der Waals surface area contributed by atoms with Gasteiger partial charge in [-0.1, -0.05) is 18.2 Å². The van der Waals surface area contributed by atoms with E-state index in [1.165, 1.54) is 12.1 Å². The molecule has 0 spiro atoms. The molecule has 164 valence electrons. The molecule has 0 bridgehead atoms. The molecule has 30 heavy (non-hydrogen) atoms. The van der Waals surface area contributed by atoms with Crippen LogP contribution < -0.4 is 15.4 Å². The van der Waals surface area contributed by atoms with E-state index in [2.05, 4.69) is 25.3 Å². The van der Waals surface area contributed by atoms with Crippen LogP contribution in [-0.4, -0.2) is 49.0 Å². The number of nitrogens with one attached hydrogen (secondary N) is 2. The summed E-state index contributed by atoms with van der Waals surface area (Å²) in [6.45, 7) is -0.0780. The van der Waals surface area contributed by atoms with Crippen LogP contribution in [0.3, 0.4) is 0 Å². The molecule has 1 aromatic heterocycles. The number of pyridine rings is 1. The lowest BCUT2D eigenvalue weighted by Gasteiger charge is -2.22. The van der Waals surface area contributed by atoms with Gasteiger partial charge in [0.05, 0.1) is 0 Å².